The molecule has 1 saturated heterocycles. The first-order valence-corrected chi connectivity index (χ1v) is 11.8. The topological polar surface area (TPSA) is 127 Å². The van der Waals surface area contributed by atoms with Crippen LogP contribution in [-0.2, 0) is 19.1 Å². The smallest absolute Gasteiger partial charge is 0.329 e. The van der Waals surface area contributed by atoms with Crippen LogP contribution in [0, 0.1) is 6.92 Å². The molecule has 0 bridgehead atoms. The summed E-state index contributed by atoms with van der Waals surface area (Å²) >= 11 is 12.3. The Morgan fingerprint density at radius 2 is 2.00 bits per heavy atom. The number of benzene rings is 2. The summed E-state index contributed by atoms with van der Waals surface area (Å²) in [5.74, 6) is -1.73. The maximum atomic E-state index is 12.3. The molecule has 1 heterocycles. The van der Waals surface area contributed by atoms with E-state index in [1.54, 1.807) is 24.3 Å². The van der Waals surface area contributed by atoms with Crippen molar-refractivity contribution in [2.45, 2.75) is 25.9 Å². The maximum absolute atomic E-state index is 12.3. The van der Waals surface area contributed by atoms with Crippen molar-refractivity contribution in [3.63, 3.8) is 0 Å². The summed E-state index contributed by atoms with van der Waals surface area (Å²) in [6.07, 6.45) is 2.99. The molecule has 2 aromatic carbocycles. The number of hydrazone groups is 1. The Morgan fingerprint density at radius 1 is 1.19 bits per heavy atom. The van der Waals surface area contributed by atoms with E-state index < -0.39 is 17.7 Å². The van der Waals surface area contributed by atoms with Crippen molar-refractivity contribution < 1.29 is 28.6 Å². The van der Waals surface area contributed by atoms with Crippen LogP contribution in [0.5, 0.6) is 11.5 Å². The second kappa shape index (κ2) is 13.1. The Hall–Kier alpha value is -3.34. The maximum Gasteiger partial charge on any atom is 0.329 e. The molecule has 3 rings (SSSR count). The minimum Gasteiger partial charge on any atom is -0.493 e. The van der Waals surface area contributed by atoms with Gasteiger partial charge < -0.3 is 24.8 Å². The fraction of sp³-hybridized carbons (Fsp3) is 0.333. The number of aryl methyl sites for hydroxylation is 1. The van der Waals surface area contributed by atoms with E-state index in [0.717, 1.165) is 18.4 Å². The second-order valence-electron chi connectivity index (χ2n) is 7.87. The fourth-order valence-corrected chi connectivity index (χ4v) is 3.76. The summed E-state index contributed by atoms with van der Waals surface area (Å²) in [6, 6.07) is 8.21. The van der Waals surface area contributed by atoms with Crippen LogP contribution in [-0.4, -0.2) is 56.9 Å². The van der Waals surface area contributed by atoms with Gasteiger partial charge in [0.15, 0.2) is 18.1 Å². The second-order valence-corrected chi connectivity index (χ2v) is 8.72. The summed E-state index contributed by atoms with van der Waals surface area (Å²) in [7, 11) is 1.41. The molecule has 3 N–H and O–H groups in total. The van der Waals surface area contributed by atoms with Gasteiger partial charge in [-0.05, 0) is 55.2 Å². The van der Waals surface area contributed by atoms with Gasteiger partial charge in [0.1, 0.15) is 0 Å². The Balaban J connectivity index is 1.54. The zero-order chi connectivity index (χ0) is 26.1. The van der Waals surface area contributed by atoms with Crippen LogP contribution in [0.15, 0.2) is 35.4 Å². The Morgan fingerprint density at radius 3 is 2.72 bits per heavy atom. The van der Waals surface area contributed by atoms with Gasteiger partial charge in [-0.1, -0.05) is 29.3 Å². The number of nitrogens with one attached hydrogen (secondary N) is 3. The molecule has 0 radical (unpaired) electrons. The Bertz CT molecular complexity index is 1150. The monoisotopic (exact) mass is 536 g/mol. The summed E-state index contributed by atoms with van der Waals surface area (Å²) in [5, 5.41) is 9.66. The normalized spacial score (nSPS) is 14.9. The van der Waals surface area contributed by atoms with E-state index in [-0.39, 0.29) is 35.8 Å². The van der Waals surface area contributed by atoms with Gasteiger partial charge in [-0.3, -0.25) is 14.4 Å². The number of halogens is 2. The van der Waals surface area contributed by atoms with Crippen LogP contribution < -0.4 is 25.5 Å². The number of carbonyl (C=O) groups excluding carboxylic acids is 3. The van der Waals surface area contributed by atoms with Crippen molar-refractivity contribution in [2.24, 2.45) is 5.10 Å². The zero-order valence-corrected chi connectivity index (χ0v) is 21.2. The number of hydrogen-bond acceptors (Lipinski definition) is 7. The average molecular weight is 537 g/mol. The van der Waals surface area contributed by atoms with Crippen molar-refractivity contribution in [3.05, 3.63) is 51.5 Å². The third-order valence-electron chi connectivity index (χ3n) is 5.17. The number of rotatable bonds is 9. The number of carbonyl (C=O) groups is 3. The lowest BCUT2D eigenvalue weighted by Crippen LogP contribution is -2.41. The van der Waals surface area contributed by atoms with Crippen LogP contribution in [0.25, 0.3) is 0 Å². The summed E-state index contributed by atoms with van der Waals surface area (Å²) in [6.45, 7) is 2.43. The Kier molecular flexibility index (Phi) is 9.92. The molecule has 0 aliphatic carbocycles. The third-order valence-corrected chi connectivity index (χ3v) is 5.69. The molecule has 1 atom stereocenters. The van der Waals surface area contributed by atoms with Gasteiger partial charge in [-0.2, -0.15) is 5.10 Å². The minimum absolute atomic E-state index is 0.0763. The lowest BCUT2D eigenvalue weighted by atomic mass is 10.2. The lowest BCUT2D eigenvalue weighted by molar-refractivity contribution is -0.139. The van der Waals surface area contributed by atoms with E-state index >= 15 is 0 Å². The summed E-state index contributed by atoms with van der Waals surface area (Å²) < 4.78 is 16.3. The van der Waals surface area contributed by atoms with Crippen molar-refractivity contribution in [1.82, 2.24) is 10.7 Å². The number of hydrogen-bond donors (Lipinski definition) is 3. The molecule has 1 aliphatic heterocycles. The van der Waals surface area contributed by atoms with Gasteiger partial charge in [0.25, 0.3) is 5.91 Å². The van der Waals surface area contributed by atoms with Crippen LogP contribution in [0.3, 0.4) is 0 Å². The van der Waals surface area contributed by atoms with Gasteiger partial charge in [0.05, 0.1) is 24.5 Å². The van der Waals surface area contributed by atoms with E-state index in [1.807, 2.05) is 6.92 Å². The first kappa shape index (κ1) is 27.3. The summed E-state index contributed by atoms with van der Waals surface area (Å²) in [4.78, 5) is 36.1. The van der Waals surface area contributed by atoms with Gasteiger partial charge >= 0.3 is 11.8 Å². The number of nitrogens with zero attached hydrogens (tertiary/aromatic N) is 1. The van der Waals surface area contributed by atoms with Crippen LogP contribution in [0.1, 0.15) is 24.0 Å². The predicted molar refractivity (Wildman–Crippen MR) is 136 cm³/mol. The first-order chi connectivity index (χ1) is 17.3. The van der Waals surface area contributed by atoms with Gasteiger partial charge in [0, 0.05) is 23.9 Å². The molecule has 3 amide bonds. The molecule has 2 aromatic rings. The molecule has 10 nitrogen and oxygen atoms in total. The number of amides is 3. The number of ether oxygens (including phenoxy) is 3. The van der Waals surface area contributed by atoms with E-state index in [1.165, 1.54) is 19.4 Å². The van der Waals surface area contributed by atoms with Gasteiger partial charge in [0.2, 0.25) is 0 Å². The first-order valence-electron chi connectivity index (χ1n) is 11.1. The number of methoxy groups -OCH3 is 1. The molecular formula is C24H26Cl2N4O6. The molecule has 0 unspecified atom stereocenters. The molecule has 1 fully saturated rings. The highest BCUT2D eigenvalue weighted by atomic mass is 35.5. The third kappa shape index (κ3) is 7.84. The molecule has 0 spiro atoms. The highest BCUT2D eigenvalue weighted by Gasteiger charge is 2.19. The highest BCUT2D eigenvalue weighted by molar-refractivity contribution is 6.35. The molecule has 0 aromatic heterocycles. The van der Waals surface area contributed by atoms with Crippen LogP contribution in [0.2, 0.25) is 10.0 Å². The van der Waals surface area contributed by atoms with E-state index in [4.69, 9.17) is 37.4 Å². The minimum atomic E-state index is -0.914. The van der Waals surface area contributed by atoms with Crippen molar-refractivity contribution in [1.29, 1.82) is 0 Å². The Labute approximate surface area is 218 Å². The van der Waals surface area contributed by atoms with Gasteiger partial charge in [-0.15, -0.1) is 0 Å². The fourth-order valence-electron chi connectivity index (χ4n) is 3.32. The van der Waals surface area contributed by atoms with Gasteiger partial charge in [-0.25, -0.2) is 5.43 Å². The molecule has 36 heavy (non-hydrogen) atoms. The average Bonchev–Trinajstić information content (AvgIpc) is 3.37. The number of anilines is 1. The standard InChI is InChI=1S/C24H26Cl2N4O6/c1-14-5-6-16(25)10-19(14)29-21(31)13-36-22-18(26)8-15(9-20(22)34-2)11-28-30-24(33)23(32)27-12-17-4-3-7-35-17/h5-6,8-11,17H,3-4,7,12-13H2,1-2H3,(H,27,32)(H,29,31)(H,30,33)/b28-11-/t17-/m0/s1. The van der Waals surface area contributed by atoms with E-state index in [9.17, 15) is 14.4 Å². The lowest BCUT2D eigenvalue weighted by Gasteiger charge is -2.14. The molecule has 0 saturated carbocycles. The van der Waals surface area contributed by atoms with Crippen molar-refractivity contribution in [2.75, 3.05) is 32.2 Å². The van der Waals surface area contributed by atoms with E-state index in [0.29, 0.717) is 22.9 Å². The summed E-state index contributed by atoms with van der Waals surface area (Å²) in [5.41, 5.74) is 4.03. The zero-order valence-electron chi connectivity index (χ0n) is 19.7. The van der Waals surface area contributed by atoms with Crippen LogP contribution >= 0.6 is 23.2 Å². The quantitative estimate of drug-likeness (QED) is 0.256. The molecular weight excluding hydrogens is 511 g/mol. The van der Waals surface area contributed by atoms with Crippen molar-refractivity contribution in [3.8, 4) is 11.5 Å². The van der Waals surface area contributed by atoms with Crippen LogP contribution in [0.4, 0.5) is 5.69 Å². The van der Waals surface area contributed by atoms with Crippen molar-refractivity contribution >= 4 is 52.8 Å². The predicted octanol–water partition coefficient (Wildman–Crippen LogP) is 3.07. The molecule has 1 aliphatic rings. The molecule has 192 valence electrons. The molecule has 12 heteroatoms. The largest absolute Gasteiger partial charge is 0.493 e. The SMILES string of the molecule is COc1cc(/C=N\NC(=O)C(=O)NC[C@@H]2CCCO2)cc(Cl)c1OCC(=O)Nc1cc(Cl)ccc1C. The highest BCUT2D eigenvalue weighted by Crippen LogP contribution is 2.36. The van der Waals surface area contributed by atoms with E-state index in [2.05, 4.69) is 21.2 Å².